The van der Waals surface area contributed by atoms with Gasteiger partial charge in [-0.25, -0.2) is 4.98 Å². The van der Waals surface area contributed by atoms with E-state index in [-0.39, 0.29) is 12.2 Å². The summed E-state index contributed by atoms with van der Waals surface area (Å²) in [6, 6.07) is 7.70. The Morgan fingerprint density at radius 1 is 1.36 bits per heavy atom. The lowest BCUT2D eigenvalue weighted by atomic mass is 10.2. The van der Waals surface area contributed by atoms with Gasteiger partial charge in [-0.05, 0) is 38.0 Å². The SMILES string of the molecule is C=CCn1c(SC[C@@H](O)COc2ccccc2C)nc2sc(C)c(C)c2c1=O. The predicted octanol–water partition coefficient (Wildman–Crippen LogP) is 4.10. The molecule has 0 unspecified atom stereocenters. The van der Waals surface area contributed by atoms with Gasteiger partial charge < -0.3 is 9.84 Å². The number of hydrogen-bond donors (Lipinski definition) is 1. The maximum Gasteiger partial charge on any atom is 0.263 e. The number of aliphatic hydroxyl groups is 1. The molecule has 148 valence electrons. The van der Waals surface area contributed by atoms with Gasteiger partial charge in [0, 0.05) is 17.2 Å². The molecule has 5 nitrogen and oxygen atoms in total. The number of nitrogens with zero attached hydrogens (tertiary/aromatic N) is 2. The van der Waals surface area contributed by atoms with Crippen LogP contribution in [0.15, 0.2) is 46.9 Å². The third-order valence-corrected chi connectivity index (χ3v) is 6.72. The van der Waals surface area contributed by atoms with E-state index in [1.807, 2.05) is 45.0 Å². The van der Waals surface area contributed by atoms with E-state index in [9.17, 15) is 9.90 Å². The Morgan fingerprint density at radius 2 is 2.11 bits per heavy atom. The van der Waals surface area contributed by atoms with Crippen LogP contribution in [0, 0.1) is 20.8 Å². The standard InChI is InChI=1S/C21H24N2O3S2/c1-5-10-23-20(25)18-14(3)15(4)28-19(18)22-21(23)27-12-16(24)11-26-17-9-7-6-8-13(17)2/h5-9,16,24H,1,10-12H2,2-4H3/t16-/m0/s1. The van der Waals surface area contributed by atoms with Crippen LogP contribution in [0.1, 0.15) is 16.0 Å². The molecule has 0 aliphatic rings. The summed E-state index contributed by atoms with van der Waals surface area (Å²) in [5.41, 5.74) is 1.95. The van der Waals surface area contributed by atoms with Gasteiger partial charge in [-0.15, -0.1) is 17.9 Å². The van der Waals surface area contributed by atoms with E-state index >= 15 is 0 Å². The highest BCUT2D eigenvalue weighted by molar-refractivity contribution is 7.99. The average Bonchev–Trinajstić information content (AvgIpc) is 2.96. The molecule has 0 aliphatic carbocycles. The zero-order chi connectivity index (χ0) is 20.3. The molecule has 1 N–H and O–H groups in total. The zero-order valence-corrected chi connectivity index (χ0v) is 17.9. The number of hydrogen-bond acceptors (Lipinski definition) is 6. The molecule has 0 radical (unpaired) electrons. The summed E-state index contributed by atoms with van der Waals surface area (Å²) in [5, 5.41) is 11.6. The first-order chi connectivity index (χ1) is 13.4. The van der Waals surface area contributed by atoms with Crippen molar-refractivity contribution >= 4 is 33.3 Å². The summed E-state index contributed by atoms with van der Waals surface area (Å²) < 4.78 is 7.33. The quantitative estimate of drug-likeness (QED) is 0.340. The van der Waals surface area contributed by atoms with E-state index in [0.717, 1.165) is 26.6 Å². The first-order valence-corrected chi connectivity index (χ1v) is 10.8. The number of aromatic nitrogens is 2. The van der Waals surface area contributed by atoms with Crippen LogP contribution in [0.2, 0.25) is 0 Å². The minimum atomic E-state index is -0.679. The third-order valence-electron chi connectivity index (χ3n) is 4.50. The fourth-order valence-corrected chi connectivity index (χ4v) is 4.82. The number of para-hydroxylation sites is 1. The molecule has 3 rings (SSSR count). The normalized spacial score (nSPS) is 12.3. The van der Waals surface area contributed by atoms with Crippen LogP contribution in [-0.4, -0.2) is 33.1 Å². The molecule has 0 amide bonds. The lowest BCUT2D eigenvalue weighted by Gasteiger charge is -2.15. The van der Waals surface area contributed by atoms with Crippen LogP contribution in [0.5, 0.6) is 5.75 Å². The van der Waals surface area contributed by atoms with Gasteiger partial charge in [0.05, 0.1) is 11.5 Å². The van der Waals surface area contributed by atoms with Crippen molar-refractivity contribution < 1.29 is 9.84 Å². The van der Waals surface area contributed by atoms with E-state index in [1.54, 1.807) is 10.6 Å². The maximum atomic E-state index is 12.9. The Bertz CT molecular complexity index is 1060. The maximum absolute atomic E-state index is 12.9. The Hall–Kier alpha value is -2.09. The van der Waals surface area contributed by atoms with Crippen molar-refractivity contribution in [1.82, 2.24) is 9.55 Å². The van der Waals surface area contributed by atoms with Gasteiger partial charge in [0.25, 0.3) is 5.56 Å². The van der Waals surface area contributed by atoms with E-state index in [2.05, 4.69) is 11.6 Å². The summed E-state index contributed by atoms with van der Waals surface area (Å²) >= 11 is 2.89. The van der Waals surface area contributed by atoms with Crippen LogP contribution >= 0.6 is 23.1 Å². The highest BCUT2D eigenvalue weighted by atomic mass is 32.2. The summed E-state index contributed by atoms with van der Waals surface area (Å²) in [4.78, 5) is 19.5. The molecule has 1 aromatic carbocycles. The van der Waals surface area contributed by atoms with Gasteiger partial charge in [0.1, 0.15) is 17.2 Å². The molecule has 28 heavy (non-hydrogen) atoms. The number of fused-ring (bicyclic) bond motifs is 1. The minimum absolute atomic E-state index is 0.0556. The monoisotopic (exact) mass is 416 g/mol. The number of ether oxygens (including phenoxy) is 1. The van der Waals surface area contributed by atoms with Crippen LogP contribution < -0.4 is 10.3 Å². The van der Waals surface area contributed by atoms with E-state index in [1.165, 1.54) is 23.1 Å². The summed E-state index contributed by atoms with van der Waals surface area (Å²) in [7, 11) is 0. The molecule has 3 aromatic rings. The van der Waals surface area contributed by atoms with E-state index in [4.69, 9.17) is 4.74 Å². The average molecular weight is 417 g/mol. The van der Waals surface area contributed by atoms with Crippen LogP contribution in [0.4, 0.5) is 0 Å². The zero-order valence-electron chi connectivity index (χ0n) is 16.3. The molecular formula is C21H24N2O3S2. The Kier molecular flexibility index (Phi) is 6.59. The molecule has 0 fully saturated rings. The number of thiophene rings is 1. The van der Waals surface area contributed by atoms with E-state index in [0.29, 0.717) is 22.8 Å². The number of allylic oxidation sites excluding steroid dienone is 1. The number of rotatable bonds is 8. The molecule has 0 bridgehead atoms. The van der Waals surface area contributed by atoms with Crippen LogP contribution in [-0.2, 0) is 6.54 Å². The topological polar surface area (TPSA) is 64.3 Å². The highest BCUT2D eigenvalue weighted by Gasteiger charge is 2.17. The molecule has 2 aromatic heterocycles. The Balaban J connectivity index is 1.76. The Labute approximate surface area is 172 Å². The number of aliphatic hydroxyl groups excluding tert-OH is 1. The van der Waals surface area contributed by atoms with Gasteiger partial charge in [0.15, 0.2) is 5.16 Å². The number of thioether (sulfide) groups is 1. The molecule has 2 heterocycles. The second kappa shape index (κ2) is 8.94. The molecule has 1 atom stereocenters. The van der Waals surface area contributed by atoms with Crippen molar-refractivity contribution in [3.8, 4) is 5.75 Å². The molecule has 0 saturated heterocycles. The Morgan fingerprint density at radius 3 is 2.82 bits per heavy atom. The molecular weight excluding hydrogens is 392 g/mol. The van der Waals surface area contributed by atoms with Crippen molar-refractivity contribution in [2.24, 2.45) is 0 Å². The van der Waals surface area contributed by atoms with Crippen LogP contribution in [0.3, 0.4) is 0 Å². The second-order valence-electron chi connectivity index (χ2n) is 6.60. The summed E-state index contributed by atoms with van der Waals surface area (Å²) in [6.45, 7) is 10.2. The van der Waals surface area contributed by atoms with Gasteiger partial charge in [-0.3, -0.25) is 9.36 Å². The highest BCUT2D eigenvalue weighted by Crippen LogP contribution is 2.28. The predicted molar refractivity (Wildman–Crippen MR) is 117 cm³/mol. The molecule has 7 heteroatoms. The van der Waals surface area contributed by atoms with Gasteiger partial charge in [-0.2, -0.15) is 0 Å². The third kappa shape index (κ3) is 4.32. The van der Waals surface area contributed by atoms with E-state index < -0.39 is 6.10 Å². The molecule has 0 saturated carbocycles. The first-order valence-electron chi connectivity index (χ1n) is 9.03. The fourth-order valence-electron chi connectivity index (χ4n) is 2.83. The fraction of sp³-hybridized carbons (Fsp3) is 0.333. The summed E-state index contributed by atoms with van der Waals surface area (Å²) in [6.07, 6.45) is 1.01. The lowest BCUT2D eigenvalue weighted by Crippen LogP contribution is -2.25. The molecule has 0 aliphatic heterocycles. The van der Waals surface area contributed by atoms with Gasteiger partial charge >= 0.3 is 0 Å². The van der Waals surface area contributed by atoms with Crippen molar-refractivity contribution in [1.29, 1.82) is 0 Å². The molecule has 0 spiro atoms. The van der Waals surface area contributed by atoms with Crippen molar-refractivity contribution in [3.05, 3.63) is 63.3 Å². The van der Waals surface area contributed by atoms with Crippen molar-refractivity contribution in [3.63, 3.8) is 0 Å². The first kappa shape index (κ1) is 20.6. The van der Waals surface area contributed by atoms with Gasteiger partial charge in [0.2, 0.25) is 0 Å². The lowest BCUT2D eigenvalue weighted by molar-refractivity contribution is 0.126. The van der Waals surface area contributed by atoms with Crippen LogP contribution in [0.25, 0.3) is 10.2 Å². The number of aryl methyl sites for hydroxylation is 3. The van der Waals surface area contributed by atoms with Crippen molar-refractivity contribution in [2.75, 3.05) is 12.4 Å². The van der Waals surface area contributed by atoms with Crippen molar-refractivity contribution in [2.45, 2.75) is 38.6 Å². The largest absolute Gasteiger partial charge is 0.491 e. The number of benzene rings is 1. The smallest absolute Gasteiger partial charge is 0.263 e. The van der Waals surface area contributed by atoms with Gasteiger partial charge in [-0.1, -0.05) is 36.0 Å². The summed E-state index contributed by atoms with van der Waals surface area (Å²) in [5.74, 6) is 1.14. The minimum Gasteiger partial charge on any atom is -0.491 e. The second-order valence-corrected chi connectivity index (χ2v) is 8.79.